The number of nitrogens with zero attached hydrogens (tertiary/aromatic N) is 3. The Hall–Kier alpha value is -3.56. The number of hydrazone groups is 1. The molecule has 0 saturated heterocycles. The summed E-state index contributed by atoms with van der Waals surface area (Å²) >= 11 is 0. The van der Waals surface area contributed by atoms with Gasteiger partial charge in [0.25, 0.3) is 11.6 Å². The summed E-state index contributed by atoms with van der Waals surface area (Å²) in [5.74, 6) is -0.930. The summed E-state index contributed by atoms with van der Waals surface area (Å²) < 4.78 is 4.82. The van der Waals surface area contributed by atoms with Gasteiger partial charge in [-0.2, -0.15) is 5.10 Å². The van der Waals surface area contributed by atoms with Crippen LogP contribution in [0.1, 0.15) is 21.7 Å². The number of nitro groups is 2. The second kappa shape index (κ2) is 6.47. The molecule has 0 unspecified atom stereocenters. The maximum atomic E-state index is 11.8. The molecule has 23 heavy (non-hydrogen) atoms. The fraction of sp³-hybridized carbons (Fsp3) is 0.0769. The van der Waals surface area contributed by atoms with Crippen molar-refractivity contribution in [1.29, 1.82) is 0 Å². The van der Waals surface area contributed by atoms with E-state index in [1.54, 1.807) is 0 Å². The van der Waals surface area contributed by atoms with Crippen LogP contribution >= 0.6 is 0 Å². The number of carbonyl (C=O) groups excluding carboxylic acids is 1. The van der Waals surface area contributed by atoms with Crippen LogP contribution in [0.4, 0.5) is 11.6 Å². The Morgan fingerprint density at radius 3 is 2.52 bits per heavy atom. The van der Waals surface area contributed by atoms with Gasteiger partial charge >= 0.3 is 5.88 Å². The van der Waals surface area contributed by atoms with Crippen molar-refractivity contribution in [2.75, 3.05) is 0 Å². The summed E-state index contributed by atoms with van der Waals surface area (Å²) in [6.45, 7) is 1.51. The molecule has 10 heteroatoms. The summed E-state index contributed by atoms with van der Waals surface area (Å²) in [4.78, 5) is 31.7. The largest absolute Gasteiger partial charge is 0.433 e. The molecule has 1 amide bonds. The molecule has 0 saturated carbocycles. The van der Waals surface area contributed by atoms with E-state index in [-0.39, 0.29) is 17.0 Å². The lowest BCUT2D eigenvalue weighted by Crippen LogP contribution is -2.17. The van der Waals surface area contributed by atoms with Gasteiger partial charge in [-0.25, -0.2) is 5.43 Å². The number of benzene rings is 1. The molecule has 0 radical (unpaired) electrons. The predicted octanol–water partition coefficient (Wildman–Crippen LogP) is 2.17. The van der Waals surface area contributed by atoms with E-state index in [9.17, 15) is 25.0 Å². The second-order valence-corrected chi connectivity index (χ2v) is 4.39. The van der Waals surface area contributed by atoms with Gasteiger partial charge < -0.3 is 4.42 Å². The van der Waals surface area contributed by atoms with Crippen LogP contribution in [0.3, 0.4) is 0 Å². The minimum atomic E-state index is -0.699. The maximum absolute atomic E-state index is 11.8. The number of nitrogens with one attached hydrogen (secondary N) is 1. The lowest BCUT2D eigenvalue weighted by Gasteiger charge is -2.01. The Morgan fingerprint density at radius 1 is 1.22 bits per heavy atom. The molecule has 2 rings (SSSR count). The third-order valence-corrected chi connectivity index (χ3v) is 2.81. The minimum Gasteiger partial charge on any atom is -0.400 e. The molecule has 1 aromatic carbocycles. The van der Waals surface area contributed by atoms with E-state index >= 15 is 0 Å². The maximum Gasteiger partial charge on any atom is 0.433 e. The van der Waals surface area contributed by atoms with E-state index in [0.29, 0.717) is 5.56 Å². The monoisotopic (exact) mass is 318 g/mol. The lowest BCUT2D eigenvalue weighted by atomic mass is 10.1. The fourth-order valence-corrected chi connectivity index (χ4v) is 1.73. The van der Waals surface area contributed by atoms with Gasteiger partial charge in [-0.1, -0.05) is 0 Å². The molecule has 2 aromatic rings. The van der Waals surface area contributed by atoms with Crippen LogP contribution in [-0.2, 0) is 0 Å². The van der Waals surface area contributed by atoms with Crippen molar-refractivity contribution < 1.29 is 19.1 Å². The second-order valence-electron chi connectivity index (χ2n) is 4.39. The quantitative estimate of drug-likeness (QED) is 0.508. The highest BCUT2D eigenvalue weighted by atomic mass is 16.6. The standard InChI is InChI=1S/C13H10N4O6/c1-8-6-9(2-4-11(8)16(19)20)13(18)15-14-7-10-3-5-12(23-10)17(21)22/h2-7H,1H3,(H,15,18)/b14-7+. The summed E-state index contributed by atoms with van der Waals surface area (Å²) in [6.07, 6.45) is 1.10. The van der Waals surface area contributed by atoms with Crippen LogP contribution in [0, 0.1) is 27.2 Å². The third kappa shape index (κ3) is 3.75. The van der Waals surface area contributed by atoms with Gasteiger partial charge in [0.2, 0.25) is 0 Å². The smallest absolute Gasteiger partial charge is 0.400 e. The normalized spacial score (nSPS) is 10.7. The van der Waals surface area contributed by atoms with Crippen molar-refractivity contribution >= 4 is 23.7 Å². The van der Waals surface area contributed by atoms with Gasteiger partial charge in [-0.3, -0.25) is 25.0 Å². The first kappa shape index (κ1) is 15.8. The molecule has 0 aliphatic rings. The average molecular weight is 318 g/mol. The minimum absolute atomic E-state index is 0.0899. The zero-order valence-electron chi connectivity index (χ0n) is 11.8. The zero-order valence-corrected chi connectivity index (χ0v) is 11.8. The Balaban J connectivity index is 2.04. The van der Waals surface area contributed by atoms with Crippen LogP contribution in [-0.4, -0.2) is 22.0 Å². The predicted molar refractivity (Wildman–Crippen MR) is 78.3 cm³/mol. The van der Waals surface area contributed by atoms with Crippen molar-refractivity contribution in [3.8, 4) is 0 Å². The SMILES string of the molecule is Cc1cc(C(=O)N/N=C/c2ccc([N+](=O)[O-])o2)ccc1[N+](=O)[O-]. The lowest BCUT2D eigenvalue weighted by molar-refractivity contribution is -0.402. The fourth-order valence-electron chi connectivity index (χ4n) is 1.73. The Morgan fingerprint density at radius 2 is 1.96 bits per heavy atom. The highest BCUT2D eigenvalue weighted by Crippen LogP contribution is 2.18. The number of amides is 1. The summed E-state index contributed by atoms with van der Waals surface area (Å²) in [5, 5.41) is 24.7. The molecule has 118 valence electrons. The molecule has 0 aliphatic heterocycles. The van der Waals surface area contributed by atoms with Crippen LogP contribution in [0.15, 0.2) is 39.9 Å². The summed E-state index contributed by atoms with van der Waals surface area (Å²) in [6, 6.07) is 6.37. The van der Waals surface area contributed by atoms with Crippen molar-refractivity contribution in [2.24, 2.45) is 5.10 Å². The van der Waals surface area contributed by atoms with E-state index in [1.165, 1.54) is 31.2 Å². The van der Waals surface area contributed by atoms with E-state index in [4.69, 9.17) is 4.42 Å². The van der Waals surface area contributed by atoms with Crippen molar-refractivity contribution in [1.82, 2.24) is 5.43 Å². The molecule has 1 N–H and O–H groups in total. The number of nitro benzene ring substituents is 1. The highest BCUT2D eigenvalue weighted by Gasteiger charge is 2.13. The first-order chi connectivity index (χ1) is 10.9. The van der Waals surface area contributed by atoms with Crippen molar-refractivity contribution in [2.45, 2.75) is 6.92 Å². The van der Waals surface area contributed by atoms with Crippen LogP contribution in [0.25, 0.3) is 0 Å². The van der Waals surface area contributed by atoms with E-state index in [1.807, 2.05) is 0 Å². The highest BCUT2D eigenvalue weighted by molar-refractivity contribution is 5.95. The van der Waals surface area contributed by atoms with Gasteiger partial charge in [-0.15, -0.1) is 0 Å². The van der Waals surface area contributed by atoms with Gasteiger partial charge in [-0.05, 0) is 25.1 Å². The number of hydrogen-bond acceptors (Lipinski definition) is 7. The number of carbonyl (C=O) groups is 1. The Labute approximate surface area is 128 Å². The first-order valence-electron chi connectivity index (χ1n) is 6.21. The molecular formula is C13H10N4O6. The van der Waals surface area contributed by atoms with Gasteiger partial charge in [0, 0.05) is 17.2 Å². The van der Waals surface area contributed by atoms with E-state index < -0.39 is 21.6 Å². The molecule has 1 aromatic heterocycles. The van der Waals surface area contributed by atoms with Crippen LogP contribution in [0.5, 0.6) is 0 Å². The van der Waals surface area contributed by atoms with Crippen LogP contribution in [0.2, 0.25) is 0 Å². The summed E-state index contributed by atoms with van der Waals surface area (Å²) in [5.41, 5.74) is 2.63. The number of hydrogen-bond donors (Lipinski definition) is 1. The molecule has 0 aliphatic carbocycles. The number of furan rings is 1. The number of aryl methyl sites for hydroxylation is 1. The molecule has 1 heterocycles. The van der Waals surface area contributed by atoms with E-state index in [0.717, 1.165) is 12.3 Å². The molecule has 0 fully saturated rings. The Kier molecular flexibility index (Phi) is 4.45. The molecule has 0 atom stereocenters. The average Bonchev–Trinajstić information content (AvgIpc) is 2.95. The first-order valence-corrected chi connectivity index (χ1v) is 6.21. The van der Waals surface area contributed by atoms with Crippen molar-refractivity contribution in [3.05, 3.63) is 67.4 Å². The Bertz CT molecular complexity index is 811. The molecule has 0 bridgehead atoms. The van der Waals surface area contributed by atoms with Gasteiger partial charge in [0.15, 0.2) is 5.76 Å². The van der Waals surface area contributed by atoms with Crippen molar-refractivity contribution in [3.63, 3.8) is 0 Å². The molecular weight excluding hydrogens is 308 g/mol. The number of rotatable bonds is 5. The van der Waals surface area contributed by atoms with Gasteiger partial charge in [0.1, 0.15) is 4.92 Å². The molecule has 10 nitrogen and oxygen atoms in total. The summed E-state index contributed by atoms with van der Waals surface area (Å²) in [7, 11) is 0. The zero-order chi connectivity index (χ0) is 17.0. The van der Waals surface area contributed by atoms with Gasteiger partial charge in [0.05, 0.1) is 17.2 Å². The molecule has 0 spiro atoms. The van der Waals surface area contributed by atoms with E-state index in [2.05, 4.69) is 10.5 Å². The third-order valence-electron chi connectivity index (χ3n) is 2.81. The topological polar surface area (TPSA) is 141 Å². The van der Waals surface area contributed by atoms with Crippen LogP contribution < -0.4 is 5.43 Å².